The summed E-state index contributed by atoms with van der Waals surface area (Å²) in [6.07, 6.45) is -0.202. The number of halogens is 2. The molecule has 0 fully saturated rings. The van der Waals surface area contributed by atoms with Crippen molar-refractivity contribution in [3.63, 3.8) is 0 Å². The van der Waals surface area contributed by atoms with Crippen molar-refractivity contribution in [2.75, 3.05) is 7.11 Å². The average Bonchev–Trinajstić information content (AvgIpc) is 2.26. The van der Waals surface area contributed by atoms with Crippen LogP contribution >= 0.6 is 0 Å². The molecular weight excluding hydrogens is 254 g/mol. The van der Waals surface area contributed by atoms with Gasteiger partial charge in [0.2, 0.25) is 0 Å². The Labute approximate surface area is 110 Å². The number of Topliss-reactive ketones (excluding diaryl/α,β-unsaturated/α-hetero) is 1. The molecule has 0 aliphatic carbocycles. The topological polar surface area (TPSA) is 43.4 Å². The van der Waals surface area contributed by atoms with Gasteiger partial charge in [-0.05, 0) is 23.6 Å². The fourth-order valence-corrected chi connectivity index (χ4v) is 1.93. The lowest BCUT2D eigenvalue weighted by Gasteiger charge is -2.17. The van der Waals surface area contributed by atoms with E-state index in [0.717, 1.165) is 18.2 Å². The third-order valence-corrected chi connectivity index (χ3v) is 2.77. The minimum atomic E-state index is -0.920. The molecule has 3 nitrogen and oxygen atoms in total. The predicted octanol–water partition coefficient (Wildman–Crippen LogP) is 2.52. The molecule has 0 amide bonds. The molecule has 0 heterocycles. The maximum atomic E-state index is 13.0. The standard InChI is InChI=1S/C14H16F2O3/c1-8(2)13(14(18)19-3)12(17)6-9-4-10(15)7-11(16)5-9/h4-5,7-8,13H,6H2,1-3H3. The minimum Gasteiger partial charge on any atom is -0.468 e. The van der Waals surface area contributed by atoms with Crippen molar-refractivity contribution < 1.29 is 23.1 Å². The summed E-state index contributed by atoms with van der Waals surface area (Å²) in [6, 6.07) is 2.89. The largest absolute Gasteiger partial charge is 0.468 e. The summed E-state index contributed by atoms with van der Waals surface area (Å²) < 4.78 is 30.6. The Morgan fingerprint density at radius 3 is 2.11 bits per heavy atom. The highest BCUT2D eigenvalue weighted by Crippen LogP contribution is 2.18. The minimum absolute atomic E-state index is 0.202. The first-order valence-electron chi connectivity index (χ1n) is 5.90. The van der Waals surface area contributed by atoms with Gasteiger partial charge in [0.05, 0.1) is 7.11 Å². The van der Waals surface area contributed by atoms with Crippen LogP contribution in [0.15, 0.2) is 18.2 Å². The van der Waals surface area contributed by atoms with Crippen LogP contribution in [0.2, 0.25) is 0 Å². The molecule has 0 bridgehead atoms. The molecule has 0 N–H and O–H groups in total. The molecule has 0 aromatic heterocycles. The Hall–Kier alpha value is -1.78. The molecule has 19 heavy (non-hydrogen) atoms. The van der Waals surface area contributed by atoms with Crippen molar-refractivity contribution in [1.82, 2.24) is 0 Å². The molecule has 104 valence electrons. The number of rotatable bonds is 5. The molecule has 0 aliphatic heterocycles. The maximum Gasteiger partial charge on any atom is 0.316 e. The van der Waals surface area contributed by atoms with Gasteiger partial charge in [0, 0.05) is 12.5 Å². The SMILES string of the molecule is COC(=O)C(C(=O)Cc1cc(F)cc(F)c1)C(C)C. The van der Waals surface area contributed by atoms with E-state index >= 15 is 0 Å². The van der Waals surface area contributed by atoms with Crippen LogP contribution in [0.1, 0.15) is 19.4 Å². The molecule has 5 heteroatoms. The van der Waals surface area contributed by atoms with E-state index in [0.29, 0.717) is 0 Å². The number of carbonyl (C=O) groups is 2. The number of benzene rings is 1. The maximum absolute atomic E-state index is 13.0. The molecule has 1 aromatic carbocycles. The predicted molar refractivity (Wildman–Crippen MR) is 65.4 cm³/mol. The Bertz CT molecular complexity index is 463. The summed E-state index contributed by atoms with van der Waals surface area (Å²) in [6.45, 7) is 3.43. The molecule has 0 spiro atoms. The zero-order valence-electron chi connectivity index (χ0n) is 11.1. The van der Waals surface area contributed by atoms with Crippen LogP contribution in [-0.4, -0.2) is 18.9 Å². The molecule has 1 aromatic rings. The van der Waals surface area contributed by atoms with E-state index in [1.54, 1.807) is 13.8 Å². The third-order valence-electron chi connectivity index (χ3n) is 2.77. The lowest BCUT2D eigenvalue weighted by molar-refractivity contribution is -0.151. The highest BCUT2D eigenvalue weighted by Gasteiger charge is 2.30. The fraction of sp³-hybridized carbons (Fsp3) is 0.429. The Balaban J connectivity index is 2.90. The molecule has 0 saturated heterocycles. The lowest BCUT2D eigenvalue weighted by atomic mass is 9.88. The average molecular weight is 270 g/mol. The highest BCUT2D eigenvalue weighted by molar-refractivity contribution is 6.00. The van der Waals surface area contributed by atoms with Crippen molar-refractivity contribution in [2.45, 2.75) is 20.3 Å². The Morgan fingerprint density at radius 2 is 1.68 bits per heavy atom. The lowest BCUT2D eigenvalue weighted by Crippen LogP contribution is -2.31. The van der Waals surface area contributed by atoms with E-state index < -0.39 is 29.3 Å². The number of hydrogen-bond acceptors (Lipinski definition) is 3. The molecule has 0 saturated carbocycles. The summed E-state index contributed by atoms with van der Waals surface area (Å²) in [5.41, 5.74) is 0.206. The summed E-state index contributed by atoms with van der Waals surface area (Å²) in [5.74, 6) is -3.69. The number of methoxy groups -OCH3 is 1. The van der Waals surface area contributed by atoms with Crippen molar-refractivity contribution in [3.8, 4) is 0 Å². The monoisotopic (exact) mass is 270 g/mol. The quantitative estimate of drug-likeness (QED) is 0.610. The van der Waals surface area contributed by atoms with Crippen molar-refractivity contribution in [1.29, 1.82) is 0 Å². The number of ether oxygens (including phenoxy) is 1. The van der Waals surface area contributed by atoms with E-state index in [1.165, 1.54) is 7.11 Å². The Morgan fingerprint density at radius 1 is 1.16 bits per heavy atom. The van der Waals surface area contributed by atoms with Crippen LogP contribution in [0.3, 0.4) is 0 Å². The van der Waals surface area contributed by atoms with Gasteiger partial charge in [0.25, 0.3) is 0 Å². The van der Waals surface area contributed by atoms with Crippen LogP contribution in [0.5, 0.6) is 0 Å². The van der Waals surface area contributed by atoms with E-state index in [2.05, 4.69) is 4.74 Å². The van der Waals surface area contributed by atoms with Crippen LogP contribution < -0.4 is 0 Å². The van der Waals surface area contributed by atoms with Crippen LogP contribution in [0, 0.1) is 23.5 Å². The van der Waals surface area contributed by atoms with Gasteiger partial charge in [-0.15, -0.1) is 0 Å². The summed E-state index contributed by atoms with van der Waals surface area (Å²) in [4.78, 5) is 23.6. The van der Waals surface area contributed by atoms with Gasteiger partial charge in [-0.1, -0.05) is 13.8 Å². The number of esters is 1. The van der Waals surface area contributed by atoms with Crippen molar-refractivity contribution >= 4 is 11.8 Å². The fourth-order valence-electron chi connectivity index (χ4n) is 1.93. The zero-order valence-corrected chi connectivity index (χ0v) is 11.1. The smallest absolute Gasteiger partial charge is 0.316 e. The van der Waals surface area contributed by atoms with Gasteiger partial charge >= 0.3 is 5.97 Å². The second-order valence-corrected chi connectivity index (χ2v) is 4.67. The number of hydrogen-bond donors (Lipinski definition) is 0. The number of ketones is 1. The van der Waals surface area contributed by atoms with E-state index in [1.807, 2.05) is 0 Å². The van der Waals surface area contributed by atoms with Gasteiger partial charge in [-0.25, -0.2) is 8.78 Å². The molecule has 1 rings (SSSR count). The molecular formula is C14H16F2O3. The second kappa shape index (κ2) is 6.41. The van der Waals surface area contributed by atoms with E-state index in [-0.39, 0.29) is 17.9 Å². The first-order chi connectivity index (χ1) is 8.85. The molecule has 1 atom stereocenters. The van der Waals surface area contributed by atoms with Gasteiger partial charge in [0.1, 0.15) is 17.6 Å². The third kappa shape index (κ3) is 4.12. The normalized spacial score (nSPS) is 12.3. The van der Waals surface area contributed by atoms with Crippen LogP contribution in [0.25, 0.3) is 0 Å². The summed E-state index contributed by atoms with van der Waals surface area (Å²) >= 11 is 0. The molecule has 1 unspecified atom stereocenters. The van der Waals surface area contributed by atoms with Gasteiger partial charge in [0.15, 0.2) is 5.78 Å². The van der Waals surface area contributed by atoms with Gasteiger partial charge < -0.3 is 4.74 Å². The van der Waals surface area contributed by atoms with Crippen LogP contribution in [-0.2, 0) is 20.7 Å². The van der Waals surface area contributed by atoms with Gasteiger partial charge in [-0.2, -0.15) is 0 Å². The highest BCUT2D eigenvalue weighted by atomic mass is 19.1. The summed E-state index contributed by atoms with van der Waals surface area (Å²) in [5, 5.41) is 0. The van der Waals surface area contributed by atoms with Crippen LogP contribution in [0.4, 0.5) is 8.78 Å². The first-order valence-corrected chi connectivity index (χ1v) is 5.90. The molecule has 0 aliphatic rings. The summed E-state index contributed by atoms with van der Waals surface area (Å²) in [7, 11) is 1.20. The van der Waals surface area contributed by atoms with Crippen molar-refractivity contribution in [2.24, 2.45) is 11.8 Å². The number of carbonyl (C=O) groups excluding carboxylic acids is 2. The molecule has 0 radical (unpaired) electrons. The van der Waals surface area contributed by atoms with E-state index in [4.69, 9.17) is 0 Å². The van der Waals surface area contributed by atoms with Gasteiger partial charge in [-0.3, -0.25) is 9.59 Å². The zero-order chi connectivity index (χ0) is 14.6. The Kier molecular flexibility index (Phi) is 5.15. The van der Waals surface area contributed by atoms with Crippen molar-refractivity contribution in [3.05, 3.63) is 35.4 Å². The second-order valence-electron chi connectivity index (χ2n) is 4.67. The van der Waals surface area contributed by atoms with E-state index in [9.17, 15) is 18.4 Å². The first kappa shape index (κ1) is 15.3.